The van der Waals surface area contributed by atoms with Crippen LogP contribution < -0.4 is 15.9 Å². The molecule has 1 aliphatic rings. The van der Waals surface area contributed by atoms with E-state index in [2.05, 4.69) is 10.5 Å². The number of carbonyl (C=O) groups is 1. The molecule has 8 heteroatoms. The summed E-state index contributed by atoms with van der Waals surface area (Å²) in [7, 11) is 0. The van der Waals surface area contributed by atoms with Crippen LogP contribution in [0.4, 0.5) is 5.69 Å². The Morgan fingerprint density at radius 2 is 2.04 bits per heavy atom. The number of hydrogen-bond acceptors (Lipinski definition) is 6. The van der Waals surface area contributed by atoms with Crippen molar-refractivity contribution in [1.82, 2.24) is 4.90 Å². The zero-order valence-corrected chi connectivity index (χ0v) is 13.8. The largest absolute Gasteiger partial charge is 0.494 e. The second-order valence-electron chi connectivity index (χ2n) is 4.80. The van der Waals surface area contributed by atoms with Crippen LogP contribution in [0, 0.1) is 0 Å². The van der Waals surface area contributed by atoms with Gasteiger partial charge in [0.25, 0.3) is 5.91 Å². The van der Waals surface area contributed by atoms with Crippen LogP contribution in [0.3, 0.4) is 0 Å². The number of nitrogens with one attached hydrogen (secondary N) is 1. The molecule has 0 saturated carbocycles. The molecule has 124 valence electrons. The summed E-state index contributed by atoms with van der Waals surface area (Å²) in [6.07, 6.45) is 0. The molecule has 1 amide bonds. The first-order chi connectivity index (χ1) is 11.1. The number of nitrogens with two attached hydrogens (primary N) is 1. The second kappa shape index (κ2) is 8.44. The Balaban J connectivity index is 2.06. The number of ether oxygens (including phenoxy) is 2. The summed E-state index contributed by atoms with van der Waals surface area (Å²) in [4.78, 5) is 14.0. The monoisotopic (exact) mass is 336 g/mol. The van der Waals surface area contributed by atoms with E-state index in [-0.39, 0.29) is 16.6 Å². The number of carbonyl (C=O) groups excluding carboxylic acids is 1. The van der Waals surface area contributed by atoms with Gasteiger partial charge in [-0.25, -0.2) is 0 Å². The van der Waals surface area contributed by atoms with Crippen molar-refractivity contribution in [3.05, 3.63) is 24.3 Å². The van der Waals surface area contributed by atoms with Gasteiger partial charge in [0.2, 0.25) is 0 Å². The Morgan fingerprint density at radius 3 is 2.61 bits per heavy atom. The number of anilines is 1. The maximum Gasteiger partial charge on any atom is 0.277 e. The number of nitrogens with zero attached hydrogens (tertiary/aromatic N) is 2. The highest BCUT2D eigenvalue weighted by Crippen LogP contribution is 2.15. The third-order valence-corrected chi connectivity index (χ3v) is 3.39. The topological polar surface area (TPSA) is 89.2 Å². The maximum absolute atomic E-state index is 12.4. The summed E-state index contributed by atoms with van der Waals surface area (Å²) in [5.41, 5.74) is 9.18. The van der Waals surface area contributed by atoms with Gasteiger partial charge in [-0.3, -0.25) is 10.2 Å². The molecule has 1 aliphatic heterocycles. The molecule has 1 aromatic carbocycles. The molecule has 1 heterocycles. The number of benzene rings is 1. The summed E-state index contributed by atoms with van der Waals surface area (Å²) in [5.74, 6) is 0.472. The highest BCUT2D eigenvalue weighted by Gasteiger charge is 2.23. The number of rotatable bonds is 6. The number of morpholine rings is 1. The first-order valence-electron chi connectivity index (χ1n) is 7.35. The fourth-order valence-corrected chi connectivity index (χ4v) is 2.17. The molecule has 3 N–H and O–H groups in total. The summed E-state index contributed by atoms with van der Waals surface area (Å²) < 4.78 is 10.6. The lowest BCUT2D eigenvalue weighted by Gasteiger charge is -2.26. The number of thiocarbonyl (C=S) groups is 1. The Morgan fingerprint density at radius 1 is 1.39 bits per heavy atom. The molecular formula is C15H20N4O3S. The van der Waals surface area contributed by atoms with Gasteiger partial charge < -0.3 is 20.1 Å². The lowest BCUT2D eigenvalue weighted by molar-refractivity contribution is -0.127. The summed E-state index contributed by atoms with van der Waals surface area (Å²) >= 11 is 4.94. The molecule has 23 heavy (non-hydrogen) atoms. The lowest BCUT2D eigenvalue weighted by atomic mass is 10.3. The Hall–Kier alpha value is -2.19. The Kier molecular flexibility index (Phi) is 6.30. The minimum atomic E-state index is -0.292. The van der Waals surface area contributed by atoms with Crippen LogP contribution in [-0.2, 0) is 9.53 Å². The van der Waals surface area contributed by atoms with Crippen molar-refractivity contribution >= 4 is 34.5 Å². The first-order valence-corrected chi connectivity index (χ1v) is 7.76. The van der Waals surface area contributed by atoms with E-state index in [0.29, 0.717) is 38.6 Å². The van der Waals surface area contributed by atoms with E-state index in [1.54, 1.807) is 17.0 Å². The van der Waals surface area contributed by atoms with Crippen LogP contribution in [0.15, 0.2) is 29.4 Å². The Bertz CT molecular complexity index is 583. The average molecular weight is 336 g/mol. The van der Waals surface area contributed by atoms with Crippen LogP contribution in [0.1, 0.15) is 6.92 Å². The van der Waals surface area contributed by atoms with Crippen molar-refractivity contribution in [3.8, 4) is 5.75 Å². The minimum absolute atomic E-state index is 0.0378. The Labute approximate surface area is 140 Å². The van der Waals surface area contributed by atoms with Gasteiger partial charge in [-0.2, -0.15) is 5.10 Å². The number of hydrazone groups is 1. The molecule has 0 atom stereocenters. The molecule has 0 unspecified atom stereocenters. The van der Waals surface area contributed by atoms with Crippen LogP contribution in [0.25, 0.3) is 0 Å². The zero-order valence-electron chi connectivity index (χ0n) is 12.9. The quantitative estimate of drug-likeness (QED) is 0.458. The van der Waals surface area contributed by atoms with E-state index >= 15 is 0 Å². The van der Waals surface area contributed by atoms with Gasteiger partial charge in [0.1, 0.15) is 10.7 Å². The highest BCUT2D eigenvalue weighted by molar-refractivity contribution is 7.82. The third kappa shape index (κ3) is 4.90. The number of hydrogen-bond donors (Lipinski definition) is 2. The smallest absolute Gasteiger partial charge is 0.277 e. The predicted molar refractivity (Wildman–Crippen MR) is 92.9 cm³/mol. The molecular weight excluding hydrogens is 316 g/mol. The van der Waals surface area contributed by atoms with Crippen LogP contribution >= 0.6 is 12.2 Å². The van der Waals surface area contributed by atoms with Crippen LogP contribution in [0.5, 0.6) is 5.75 Å². The van der Waals surface area contributed by atoms with Crippen molar-refractivity contribution in [1.29, 1.82) is 0 Å². The van der Waals surface area contributed by atoms with Crippen LogP contribution in [0.2, 0.25) is 0 Å². The molecule has 0 bridgehead atoms. The van der Waals surface area contributed by atoms with Crippen molar-refractivity contribution in [2.24, 2.45) is 10.8 Å². The van der Waals surface area contributed by atoms with Gasteiger partial charge in [0, 0.05) is 13.1 Å². The SMILES string of the molecule is CCOc1ccc(N/N=C(/C(=O)N2CCOCC2)C(N)=S)cc1. The fraction of sp³-hybridized carbons (Fsp3) is 0.400. The third-order valence-electron chi connectivity index (χ3n) is 3.20. The zero-order chi connectivity index (χ0) is 16.7. The minimum Gasteiger partial charge on any atom is -0.494 e. The van der Waals surface area contributed by atoms with E-state index < -0.39 is 0 Å². The molecule has 1 fully saturated rings. The van der Waals surface area contributed by atoms with Gasteiger partial charge in [-0.05, 0) is 31.2 Å². The van der Waals surface area contributed by atoms with E-state index in [1.807, 2.05) is 19.1 Å². The molecule has 1 aromatic rings. The van der Waals surface area contributed by atoms with Crippen molar-refractivity contribution < 1.29 is 14.3 Å². The van der Waals surface area contributed by atoms with E-state index in [9.17, 15) is 4.79 Å². The van der Waals surface area contributed by atoms with Crippen molar-refractivity contribution in [3.63, 3.8) is 0 Å². The van der Waals surface area contributed by atoms with E-state index in [0.717, 1.165) is 5.75 Å². The standard InChI is InChI=1S/C15H20N4O3S/c1-2-22-12-5-3-11(4-6-12)17-18-13(14(16)23)15(20)19-7-9-21-10-8-19/h3-6,17H,2,7-10H2,1H3,(H2,16,23)/b18-13+. The normalized spacial score (nSPS) is 15.2. The first kappa shape index (κ1) is 17.2. The summed E-state index contributed by atoms with van der Waals surface area (Å²) in [6, 6.07) is 7.22. The molecule has 0 spiro atoms. The molecule has 0 aromatic heterocycles. The van der Waals surface area contributed by atoms with Gasteiger partial charge in [0.15, 0.2) is 5.71 Å². The van der Waals surface area contributed by atoms with Crippen molar-refractivity contribution in [2.75, 3.05) is 38.3 Å². The second-order valence-corrected chi connectivity index (χ2v) is 5.24. The number of amides is 1. The van der Waals surface area contributed by atoms with Gasteiger partial charge >= 0.3 is 0 Å². The van der Waals surface area contributed by atoms with Gasteiger partial charge in [0.05, 0.1) is 25.5 Å². The molecule has 0 radical (unpaired) electrons. The van der Waals surface area contributed by atoms with Crippen LogP contribution in [-0.4, -0.2) is 54.4 Å². The fourth-order valence-electron chi connectivity index (χ4n) is 2.04. The maximum atomic E-state index is 12.4. The van der Waals surface area contributed by atoms with Gasteiger partial charge in [-0.1, -0.05) is 12.2 Å². The average Bonchev–Trinajstić information content (AvgIpc) is 2.57. The van der Waals surface area contributed by atoms with Gasteiger partial charge in [-0.15, -0.1) is 0 Å². The van der Waals surface area contributed by atoms with Crippen molar-refractivity contribution in [2.45, 2.75) is 6.92 Å². The predicted octanol–water partition coefficient (Wildman–Crippen LogP) is 0.998. The molecule has 2 rings (SSSR count). The highest BCUT2D eigenvalue weighted by atomic mass is 32.1. The molecule has 7 nitrogen and oxygen atoms in total. The van der Waals surface area contributed by atoms with E-state index in [4.69, 9.17) is 27.4 Å². The molecule has 1 saturated heterocycles. The molecule has 0 aliphatic carbocycles. The summed E-state index contributed by atoms with van der Waals surface area (Å²) in [5, 5.41) is 4.07. The summed E-state index contributed by atoms with van der Waals surface area (Å²) in [6.45, 7) is 4.53. The van der Waals surface area contributed by atoms with E-state index in [1.165, 1.54) is 0 Å². The lowest BCUT2D eigenvalue weighted by Crippen LogP contribution is -2.47.